The molecule has 1 heterocycles. The summed E-state index contributed by atoms with van der Waals surface area (Å²) in [5.74, 6) is 0.526. The average molecular weight is 733 g/mol. The molecule has 0 saturated carbocycles. The van der Waals surface area contributed by atoms with E-state index in [9.17, 15) is 4.79 Å². The number of halogens is 2. The van der Waals surface area contributed by atoms with Crippen LogP contribution in [-0.4, -0.2) is 29.7 Å². The van der Waals surface area contributed by atoms with E-state index in [2.05, 4.69) is 105 Å². The molecule has 4 aromatic rings. The molecule has 0 spiro atoms. The molecule has 1 aliphatic rings. The molecule has 1 fully saturated rings. The van der Waals surface area contributed by atoms with Crippen LogP contribution in [0, 0.1) is 48.2 Å². The monoisotopic (exact) mass is 732 g/mol. The summed E-state index contributed by atoms with van der Waals surface area (Å²) in [5.41, 5.74) is 12.5. The second-order valence-electron chi connectivity index (χ2n) is 11.3. The third-order valence-corrected chi connectivity index (χ3v) is 7.99. The summed E-state index contributed by atoms with van der Waals surface area (Å²) in [4.78, 5) is 16.9. The van der Waals surface area contributed by atoms with Crippen molar-refractivity contribution in [3.8, 4) is 5.75 Å². The molecule has 1 saturated heterocycles. The average Bonchev–Trinajstić information content (AvgIpc) is 3.42. The van der Waals surface area contributed by atoms with Gasteiger partial charge in [0.2, 0.25) is 0 Å². The number of anilines is 3. The Bertz CT molecular complexity index is 1490. The molecule has 1 N–H and O–H groups in total. The standard InChI is InChI=1S/C21H27N2.C16H15NO2.2ClH.Ru/c1-14-9-16(3)20(17(4)10-14)22-7-8-23(13-22)21-18(5)11-15(2)12-19(21)6;1-12-8-6-7-11-15(12)19-13(2)16(18)17-14-9-4-3-5-10-14;;;/h9-13H,7-8H2,1-6H3;1,3-11,13H,2H3,(H,17,18);2*1H;/q-1;;;;+1/p-2. The fraction of sp³-hybridized carbons (Fsp3) is 0.270. The quantitative estimate of drug-likeness (QED) is 0.233. The van der Waals surface area contributed by atoms with E-state index in [4.69, 9.17) is 4.74 Å². The molecule has 8 heteroatoms. The number of nitrogens with one attached hydrogen (secondary N) is 1. The van der Waals surface area contributed by atoms with Crippen molar-refractivity contribution in [2.75, 3.05) is 28.2 Å². The van der Waals surface area contributed by atoms with Gasteiger partial charge in [-0.15, -0.1) is 0 Å². The summed E-state index contributed by atoms with van der Waals surface area (Å²) in [7, 11) is 0. The number of amides is 1. The third-order valence-electron chi connectivity index (χ3n) is 7.45. The van der Waals surface area contributed by atoms with Crippen LogP contribution in [0.3, 0.4) is 0 Å². The summed E-state index contributed by atoms with van der Waals surface area (Å²) in [5, 5.41) is 2.82. The number of carbonyl (C=O) groups excluding carboxylic acids is 1. The maximum absolute atomic E-state index is 12.1. The number of ether oxygens (including phenoxy) is 1. The number of benzene rings is 4. The van der Waals surface area contributed by atoms with E-state index in [1.54, 1.807) is 6.92 Å². The Morgan fingerprint density at radius 3 is 1.69 bits per heavy atom. The molecule has 241 valence electrons. The SMILES string of the molecule is CC(Oc1ccccc1[CH]=[Ru+])C(=O)Nc1ccccc1.Cc1cc(C)c(N2[CH-]N(c3c(C)cc(C)cc3C)CC2)c(C)c1.[Cl-].[Cl-]. The van der Waals surface area contributed by atoms with E-state index in [0.717, 1.165) is 24.3 Å². The van der Waals surface area contributed by atoms with Gasteiger partial charge in [-0.25, -0.2) is 0 Å². The van der Waals surface area contributed by atoms with Gasteiger partial charge < -0.3 is 34.6 Å². The first kappa shape index (κ1) is 38.0. The van der Waals surface area contributed by atoms with Crippen molar-refractivity contribution in [2.45, 2.75) is 54.6 Å². The van der Waals surface area contributed by atoms with Gasteiger partial charge in [0.15, 0.2) is 0 Å². The first-order valence-corrected chi connectivity index (χ1v) is 15.6. The summed E-state index contributed by atoms with van der Waals surface area (Å²) in [6, 6.07) is 26.1. The van der Waals surface area contributed by atoms with E-state index >= 15 is 0 Å². The molecule has 1 atom stereocenters. The van der Waals surface area contributed by atoms with E-state index < -0.39 is 6.10 Å². The topological polar surface area (TPSA) is 44.8 Å². The van der Waals surface area contributed by atoms with E-state index in [1.165, 1.54) is 44.8 Å². The Balaban J connectivity index is 0.000000303. The Kier molecular flexibility index (Phi) is 14.8. The van der Waals surface area contributed by atoms with Crippen molar-refractivity contribution in [1.82, 2.24) is 0 Å². The van der Waals surface area contributed by atoms with Gasteiger partial charge in [0.05, 0.1) is 0 Å². The minimum absolute atomic E-state index is 0. The molecule has 5 nitrogen and oxygen atoms in total. The smallest absolute Gasteiger partial charge is 0.0146 e. The fourth-order valence-electron chi connectivity index (χ4n) is 5.77. The minimum Gasteiger partial charge on any atom is -1.00 e. The Labute approximate surface area is 291 Å². The first-order chi connectivity index (χ1) is 20.6. The number of carbonyl (C=O) groups is 1. The third kappa shape index (κ3) is 9.90. The van der Waals surface area contributed by atoms with Gasteiger partial charge >= 0.3 is 128 Å². The number of aryl methyl sites for hydroxylation is 6. The molecule has 0 aliphatic carbocycles. The van der Waals surface area contributed by atoms with Crippen molar-refractivity contribution < 1.29 is 52.2 Å². The molecule has 1 aliphatic heterocycles. The molecule has 0 radical (unpaired) electrons. The van der Waals surface area contributed by atoms with E-state index in [1.807, 2.05) is 59.2 Å². The molecule has 0 bridgehead atoms. The van der Waals surface area contributed by atoms with Gasteiger partial charge in [-0.2, -0.15) is 6.67 Å². The van der Waals surface area contributed by atoms with Gasteiger partial charge in [0, 0.05) is 24.5 Å². The molecular weight excluding hydrogens is 690 g/mol. The normalized spacial score (nSPS) is 12.6. The van der Waals surface area contributed by atoms with Crippen LogP contribution in [0.25, 0.3) is 0 Å². The Morgan fingerprint density at radius 1 is 0.778 bits per heavy atom. The van der Waals surface area contributed by atoms with Crippen LogP contribution in [0.4, 0.5) is 17.1 Å². The number of hydrogen-bond donors (Lipinski definition) is 1. The first-order valence-electron chi connectivity index (χ1n) is 14.6. The van der Waals surface area contributed by atoms with Gasteiger partial charge in [0.25, 0.3) is 0 Å². The Morgan fingerprint density at radius 2 is 1.22 bits per heavy atom. The zero-order valence-electron chi connectivity index (χ0n) is 27.0. The second kappa shape index (κ2) is 17.5. The Hall–Kier alpha value is -3.18. The number of para-hydroxylation sites is 2. The van der Waals surface area contributed by atoms with Crippen molar-refractivity contribution in [1.29, 1.82) is 0 Å². The predicted molar refractivity (Wildman–Crippen MR) is 177 cm³/mol. The van der Waals surface area contributed by atoms with Crippen molar-refractivity contribution in [3.05, 3.63) is 124 Å². The van der Waals surface area contributed by atoms with Crippen LogP contribution in [-0.2, 0) is 22.6 Å². The molecular formula is C37H42Cl2N3O2Ru-2. The summed E-state index contributed by atoms with van der Waals surface area (Å²) in [6.45, 7) is 19.3. The van der Waals surface area contributed by atoms with E-state index in [0.29, 0.717) is 5.75 Å². The van der Waals surface area contributed by atoms with Gasteiger partial charge in [-0.1, -0.05) is 35.4 Å². The van der Waals surface area contributed by atoms with Gasteiger partial charge in [-0.05, 0) is 63.8 Å². The zero-order chi connectivity index (χ0) is 31.1. The van der Waals surface area contributed by atoms with Crippen LogP contribution in [0.5, 0.6) is 5.75 Å². The largest absolute Gasteiger partial charge is 1.00 e. The van der Waals surface area contributed by atoms with Crippen LogP contribution in [0.2, 0.25) is 0 Å². The minimum atomic E-state index is -0.567. The summed E-state index contributed by atoms with van der Waals surface area (Å²) < 4.78 is 7.60. The summed E-state index contributed by atoms with van der Waals surface area (Å²) >= 11 is 2.44. The fourth-order valence-corrected chi connectivity index (χ4v) is 6.19. The van der Waals surface area contributed by atoms with Crippen molar-refractivity contribution in [2.24, 2.45) is 0 Å². The molecule has 45 heavy (non-hydrogen) atoms. The van der Waals surface area contributed by atoms with Crippen LogP contribution < -0.4 is 44.7 Å². The maximum Gasteiger partial charge on any atom is 0.0146 e. The number of hydrogen-bond acceptors (Lipinski definition) is 4. The zero-order valence-corrected chi connectivity index (χ0v) is 30.2. The molecule has 1 unspecified atom stereocenters. The molecule has 4 aromatic carbocycles. The van der Waals surface area contributed by atoms with Crippen molar-refractivity contribution in [3.63, 3.8) is 0 Å². The van der Waals surface area contributed by atoms with Crippen LogP contribution >= 0.6 is 0 Å². The van der Waals surface area contributed by atoms with Crippen molar-refractivity contribution >= 4 is 27.6 Å². The van der Waals surface area contributed by atoms with Gasteiger partial charge in [-0.3, -0.25) is 0 Å². The summed E-state index contributed by atoms with van der Waals surface area (Å²) in [6.07, 6.45) is -0.567. The van der Waals surface area contributed by atoms with Crippen LogP contribution in [0.15, 0.2) is 78.9 Å². The second-order valence-corrected chi connectivity index (χ2v) is 11.8. The predicted octanol–water partition coefficient (Wildman–Crippen LogP) is 1.78. The molecule has 5 rings (SSSR count). The number of nitrogens with zero attached hydrogens (tertiary/aromatic N) is 2. The van der Waals surface area contributed by atoms with Crippen LogP contribution in [0.1, 0.15) is 45.9 Å². The van der Waals surface area contributed by atoms with E-state index in [-0.39, 0.29) is 30.7 Å². The molecule has 0 aromatic heterocycles. The van der Waals surface area contributed by atoms with Gasteiger partial charge in [0.1, 0.15) is 0 Å². The number of rotatable bonds is 7. The maximum atomic E-state index is 12.1. The molecule has 1 amide bonds.